The van der Waals surface area contributed by atoms with Gasteiger partial charge >= 0.3 is 0 Å². The summed E-state index contributed by atoms with van der Waals surface area (Å²) < 4.78 is 11.0. The third kappa shape index (κ3) is 7.06. The van der Waals surface area contributed by atoms with Crippen LogP contribution >= 0.6 is 11.3 Å². The molecule has 0 aliphatic carbocycles. The molecule has 0 unspecified atom stereocenters. The highest BCUT2D eigenvalue weighted by Crippen LogP contribution is 2.22. The Morgan fingerprint density at radius 1 is 1.21 bits per heavy atom. The first kappa shape index (κ1) is 16.6. The van der Waals surface area contributed by atoms with Gasteiger partial charge in [-0.2, -0.15) is 0 Å². The molecule has 0 bridgehead atoms. The normalized spacial score (nSPS) is 11.4. The molecule has 0 aliphatic heterocycles. The van der Waals surface area contributed by atoms with Gasteiger partial charge in [0.2, 0.25) is 0 Å². The Morgan fingerprint density at radius 2 is 1.95 bits per heavy atom. The molecular weight excluding hydrogens is 258 g/mol. The van der Waals surface area contributed by atoms with Crippen molar-refractivity contribution in [1.82, 2.24) is 5.32 Å². The Kier molecular flexibility index (Phi) is 8.30. The molecule has 0 fully saturated rings. The quantitative estimate of drug-likeness (QED) is 0.667. The zero-order valence-electron chi connectivity index (χ0n) is 12.6. The molecule has 0 radical (unpaired) electrons. The maximum atomic E-state index is 5.65. The molecule has 110 valence electrons. The van der Waals surface area contributed by atoms with E-state index in [-0.39, 0.29) is 0 Å². The summed E-state index contributed by atoms with van der Waals surface area (Å²) in [7, 11) is 0. The number of aryl methyl sites for hydroxylation is 1. The molecule has 1 aromatic rings. The molecule has 0 atom stereocenters. The third-order valence-electron chi connectivity index (χ3n) is 2.73. The topological polar surface area (TPSA) is 30.5 Å². The van der Waals surface area contributed by atoms with Crippen LogP contribution < -0.4 is 5.32 Å². The van der Waals surface area contributed by atoms with Crippen LogP contribution in [-0.4, -0.2) is 25.9 Å². The second-order valence-electron chi connectivity index (χ2n) is 4.99. The van der Waals surface area contributed by atoms with E-state index >= 15 is 0 Å². The first-order valence-electron chi connectivity index (χ1n) is 7.10. The van der Waals surface area contributed by atoms with Crippen molar-refractivity contribution in [2.24, 2.45) is 0 Å². The fraction of sp³-hybridized carbons (Fsp3) is 0.733. The minimum atomic E-state index is 0.526. The average Bonchev–Trinajstić information content (AvgIpc) is 2.72. The second-order valence-corrected chi connectivity index (χ2v) is 6.34. The van der Waals surface area contributed by atoms with Crippen LogP contribution in [0.2, 0.25) is 0 Å². The molecule has 0 saturated carbocycles. The fourth-order valence-corrected chi connectivity index (χ4v) is 2.67. The van der Waals surface area contributed by atoms with Gasteiger partial charge in [0, 0.05) is 28.9 Å². The van der Waals surface area contributed by atoms with Crippen LogP contribution in [0.25, 0.3) is 0 Å². The Bertz CT molecular complexity index is 350. The van der Waals surface area contributed by atoms with Crippen molar-refractivity contribution in [3.63, 3.8) is 0 Å². The van der Waals surface area contributed by atoms with Crippen LogP contribution in [-0.2, 0) is 22.6 Å². The summed E-state index contributed by atoms with van der Waals surface area (Å²) in [5, 5.41) is 3.44. The minimum absolute atomic E-state index is 0.526. The van der Waals surface area contributed by atoms with E-state index in [0.29, 0.717) is 25.9 Å². The summed E-state index contributed by atoms with van der Waals surface area (Å²) >= 11 is 1.85. The van der Waals surface area contributed by atoms with Gasteiger partial charge in [-0.3, -0.25) is 0 Å². The molecule has 1 rings (SSSR count). The summed E-state index contributed by atoms with van der Waals surface area (Å²) in [6.45, 7) is 12.4. The number of hydrogen-bond acceptors (Lipinski definition) is 4. The number of ether oxygens (including phenoxy) is 2. The van der Waals surface area contributed by atoms with E-state index in [0.717, 1.165) is 19.6 Å². The van der Waals surface area contributed by atoms with Crippen LogP contribution in [0.3, 0.4) is 0 Å². The highest BCUT2D eigenvalue weighted by atomic mass is 32.1. The van der Waals surface area contributed by atoms with E-state index in [2.05, 4.69) is 39.1 Å². The monoisotopic (exact) mass is 285 g/mol. The molecule has 0 aromatic carbocycles. The highest BCUT2D eigenvalue weighted by Gasteiger charge is 2.06. The van der Waals surface area contributed by atoms with Crippen molar-refractivity contribution in [1.29, 1.82) is 0 Å². The summed E-state index contributed by atoms with van der Waals surface area (Å²) in [5.41, 5.74) is 1.31. The summed E-state index contributed by atoms with van der Waals surface area (Å²) in [5.74, 6) is 0. The van der Waals surface area contributed by atoms with E-state index in [1.807, 2.05) is 11.3 Å². The van der Waals surface area contributed by atoms with E-state index < -0.39 is 0 Å². The average molecular weight is 285 g/mol. The first-order valence-corrected chi connectivity index (χ1v) is 7.92. The van der Waals surface area contributed by atoms with E-state index in [1.165, 1.54) is 15.3 Å². The molecule has 19 heavy (non-hydrogen) atoms. The van der Waals surface area contributed by atoms with Gasteiger partial charge in [0.05, 0.1) is 19.8 Å². The van der Waals surface area contributed by atoms with E-state index in [1.54, 1.807) is 0 Å². The predicted octanol–water partition coefficient (Wildman–Crippen LogP) is 3.50. The minimum Gasteiger partial charge on any atom is -0.379 e. The Labute approximate surface area is 121 Å². The zero-order valence-corrected chi connectivity index (χ0v) is 13.4. The van der Waals surface area contributed by atoms with Gasteiger partial charge in [-0.1, -0.05) is 20.8 Å². The molecule has 1 heterocycles. The van der Waals surface area contributed by atoms with Crippen molar-refractivity contribution >= 4 is 11.3 Å². The highest BCUT2D eigenvalue weighted by molar-refractivity contribution is 7.12. The van der Waals surface area contributed by atoms with Crippen molar-refractivity contribution in [2.75, 3.05) is 19.8 Å². The molecule has 0 aliphatic rings. The summed E-state index contributed by atoms with van der Waals surface area (Å²) in [6, 6.07) is 2.78. The first-order chi connectivity index (χ1) is 9.13. The van der Waals surface area contributed by atoms with Crippen molar-refractivity contribution in [3.05, 3.63) is 21.4 Å². The third-order valence-corrected chi connectivity index (χ3v) is 3.83. The molecule has 1 aromatic heterocycles. The van der Waals surface area contributed by atoms with Crippen LogP contribution in [0.4, 0.5) is 0 Å². The molecule has 0 spiro atoms. The van der Waals surface area contributed by atoms with E-state index in [4.69, 9.17) is 9.47 Å². The van der Waals surface area contributed by atoms with Crippen LogP contribution in [0, 0.1) is 6.92 Å². The summed E-state index contributed by atoms with van der Waals surface area (Å²) in [4.78, 5) is 2.74. The molecule has 1 N–H and O–H groups in total. The molecule has 0 saturated heterocycles. The fourth-order valence-electron chi connectivity index (χ4n) is 1.67. The van der Waals surface area contributed by atoms with Crippen LogP contribution in [0.15, 0.2) is 6.07 Å². The van der Waals surface area contributed by atoms with Gasteiger partial charge in [0.15, 0.2) is 0 Å². The van der Waals surface area contributed by atoms with Crippen LogP contribution in [0.5, 0.6) is 0 Å². The number of rotatable bonds is 10. The Hall–Kier alpha value is -0.420. The maximum Gasteiger partial charge on any atom is 0.0728 e. The molecular formula is C15H27NO2S. The van der Waals surface area contributed by atoms with Gasteiger partial charge in [0.25, 0.3) is 0 Å². The lowest BCUT2D eigenvalue weighted by Gasteiger charge is -2.05. The molecule has 4 heteroatoms. The predicted molar refractivity (Wildman–Crippen MR) is 81.8 cm³/mol. The zero-order chi connectivity index (χ0) is 14.1. The number of thiophene rings is 1. The van der Waals surface area contributed by atoms with Crippen LogP contribution in [0.1, 0.15) is 42.5 Å². The molecule has 0 amide bonds. The van der Waals surface area contributed by atoms with Gasteiger partial charge in [0.1, 0.15) is 0 Å². The Balaban J connectivity index is 2.25. The number of nitrogens with one attached hydrogen (secondary N) is 1. The standard InChI is InChI=1S/C15H27NO2S/c1-5-6-17-7-8-18-11-14-9-15(19-13(14)4)10-16-12(2)3/h9,12,16H,5-8,10-11H2,1-4H3. The van der Waals surface area contributed by atoms with Gasteiger partial charge < -0.3 is 14.8 Å². The second kappa shape index (κ2) is 9.48. The van der Waals surface area contributed by atoms with Gasteiger partial charge in [-0.25, -0.2) is 0 Å². The summed E-state index contributed by atoms with van der Waals surface area (Å²) in [6.07, 6.45) is 1.07. The SMILES string of the molecule is CCCOCCOCc1cc(CNC(C)C)sc1C. The van der Waals surface area contributed by atoms with Gasteiger partial charge in [-0.05, 0) is 25.0 Å². The van der Waals surface area contributed by atoms with Crippen molar-refractivity contribution in [3.8, 4) is 0 Å². The van der Waals surface area contributed by atoms with E-state index in [9.17, 15) is 0 Å². The molecule has 3 nitrogen and oxygen atoms in total. The maximum absolute atomic E-state index is 5.65. The van der Waals surface area contributed by atoms with Gasteiger partial charge in [-0.15, -0.1) is 11.3 Å². The van der Waals surface area contributed by atoms with Crippen molar-refractivity contribution in [2.45, 2.75) is 53.3 Å². The lowest BCUT2D eigenvalue weighted by atomic mass is 10.2. The smallest absolute Gasteiger partial charge is 0.0728 e. The Morgan fingerprint density at radius 3 is 2.63 bits per heavy atom. The van der Waals surface area contributed by atoms with Crippen molar-refractivity contribution < 1.29 is 9.47 Å². The number of hydrogen-bond donors (Lipinski definition) is 1. The lowest BCUT2D eigenvalue weighted by molar-refractivity contribution is 0.0408. The largest absolute Gasteiger partial charge is 0.379 e. The lowest BCUT2D eigenvalue weighted by Crippen LogP contribution is -2.21.